The number of benzene rings is 2. The highest BCUT2D eigenvalue weighted by atomic mass is 35.5. The Balaban J connectivity index is 0.000000231. The molecule has 0 saturated heterocycles. The smallest absolute Gasteiger partial charge is 0.338 e. The molecule has 0 spiro atoms. The van der Waals surface area contributed by atoms with Crippen molar-refractivity contribution in [3.8, 4) is 11.5 Å². The Hall–Kier alpha value is -2.52. The Labute approximate surface area is 259 Å². The number of halogens is 2. The zero-order valence-corrected chi connectivity index (χ0v) is 27.0. The van der Waals surface area contributed by atoms with E-state index < -0.39 is 5.97 Å². The van der Waals surface area contributed by atoms with Gasteiger partial charge in [-0.2, -0.15) is 0 Å². The van der Waals surface area contributed by atoms with Crippen LogP contribution in [-0.2, 0) is 9.47 Å². The molecule has 0 amide bonds. The van der Waals surface area contributed by atoms with Crippen molar-refractivity contribution in [3.05, 3.63) is 56.6 Å². The number of nitrogens with two attached hydrogens (primary N) is 1. The number of esters is 2. The number of carbonyl (C=O) groups is 2. The van der Waals surface area contributed by atoms with Crippen molar-refractivity contribution in [2.45, 2.75) is 89.5 Å². The quantitative estimate of drug-likeness (QED) is 0.338. The third-order valence-corrected chi connectivity index (χ3v) is 8.58. The normalized spacial score (nSPS) is 22.0. The first kappa shape index (κ1) is 34.0. The summed E-state index contributed by atoms with van der Waals surface area (Å²) in [6, 6.07) is 7.66. The van der Waals surface area contributed by atoms with E-state index in [1.165, 1.54) is 14.2 Å². The molecule has 2 aliphatic carbocycles. The van der Waals surface area contributed by atoms with Crippen LogP contribution in [0.15, 0.2) is 24.3 Å². The summed E-state index contributed by atoms with van der Waals surface area (Å²) in [7, 11) is 6.96. The van der Waals surface area contributed by atoms with E-state index in [-0.39, 0.29) is 24.2 Å². The lowest BCUT2D eigenvalue weighted by Crippen LogP contribution is -2.35. The van der Waals surface area contributed by atoms with Gasteiger partial charge in [-0.05, 0) is 104 Å². The van der Waals surface area contributed by atoms with Crippen molar-refractivity contribution in [1.29, 1.82) is 0 Å². The fourth-order valence-electron chi connectivity index (χ4n) is 5.44. The molecule has 0 unspecified atom stereocenters. The van der Waals surface area contributed by atoms with Crippen LogP contribution in [0.5, 0.6) is 11.5 Å². The predicted octanol–water partition coefficient (Wildman–Crippen LogP) is 6.77. The van der Waals surface area contributed by atoms with Crippen molar-refractivity contribution >= 4 is 35.1 Å². The molecule has 2 aromatic rings. The van der Waals surface area contributed by atoms with Gasteiger partial charge in [0.2, 0.25) is 0 Å². The molecule has 8 nitrogen and oxygen atoms in total. The second kappa shape index (κ2) is 15.8. The van der Waals surface area contributed by atoms with Crippen LogP contribution in [0.3, 0.4) is 0 Å². The molecular formula is C32H44Cl2N2O6. The minimum atomic E-state index is -0.402. The number of hydrogen-bond donors (Lipinski definition) is 1. The van der Waals surface area contributed by atoms with Crippen molar-refractivity contribution in [2.75, 3.05) is 28.3 Å². The van der Waals surface area contributed by atoms with Crippen molar-refractivity contribution < 1.29 is 28.5 Å². The molecule has 0 aromatic heterocycles. The monoisotopic (exact) mass is 622 g/mol. The molecule has 4 rings (SSSR count). The summed E-state index contributed by atoms with van der Waals surface area (Å²) in [5.74, 6) is 0.543. The molecule has 42 heavy (non-hydrogen) atoms. The maximum Gasteiger partial charge on any atom is 0.338 e. The molecule has 2 fully saturated rings. The van der Waals surface area contributed by atoms with E-state index >= 15 is 0 Å². The lowest BCUT2D eigenvalue weighted by molar-refractivity contribution is 0.0589. The zero-order chi connectivity index (χ0) is 31.0. The van der Waals surface area contributed by atoms with E-state index in [2.05, 4.69) is 19.0 Å². The van der Waals surface area contributed by atoms with E-state index in [1.54, 1.807) is 24.3 Å². The topological polar surface area (TPSA) is 100 Å². The summed E-state index contributed by atoms with van der Waals surface area (Å²) in [4.78, 5) is 25.8. The maximum absolute atomic E-state index is 11.8. The Bertz CT molecular complexity index is 1220. The van der Waals surface area contributed by atoms with Gasteiger partial charge in [-0.25, -0.2) is 9.59 Å². The number of methoxy groups -OCH3 is 2. The number of carbonyl (C=O) groups excluding carboxylic acids is 2. The molecule has 2 aromatic carbocycles. The Morgan fingerprint density at radius 2 is 1.10 bits per heavy atom. The summed E-state index contributed by atoms with van der Waals surface area (Å²) >= 11 is 12.2. The standard InChI is InChI=1S/C17H24ClNO3.C15H20ClNO3/c1-11-15(17(20)21-4)9-12(18)10-16(11)22-14-7-5-13(6-8-14)19(2)3;1-9-13(15(18)19-2)7-10(16)8-14(9)20-12-5-3-11(17)4-6-12/h9-10,13-14H,5-8H2,1-4H3;7-8,11-12H,3-6,17H2,1-2H3. The average Bonchev–Trinajstić information content (AvgIpc) is 2.97. The predicted molar refractivity (Wildman–Crippen MR) is 166 cm³/mol. The molecule has 0 radical (unpaired) electrons. The summed E-state index contributed by atoms with van der Waals surface area (Å²) in [5, 5.41) is 0.960. The molecular weight excluding hydrogens is 579 g/mol. The first-order valence-corrected chi connectivity index (χ1v) is 15.2. The number of rotatable bonds is 7. The van der Waals surface area contributed by atoms with E-state index in [1.807, 2.05) is 13.8 Å². The number of ether oxygens (including phenoxy) is 4. The second-order valence-electron chi connectivity index (χ2n) is 11.3. The van der Waals surface area contributed by atoms with E-state index in [0.717, 1.165) is 62.5 Å². The van der Waals surface area contributed by atoms with Crippen molar-refractivity contribution in [2.24, 2.45) is 5.73 Å². The van der Waals surface area contributed by atoms with Crippen LogP contribution in [0.1, 0.15) is 83.2 Å². The van der Waals surface area contributed by atoms with Gasteiger partial charge in [0.1, 0.15) is 11.5 Å². The molecule has 0 bridgehead atoms. The van der Waals surface area contributed by atoms with Gasteiger partial charge in [-0.1, -0.05) is 23.2 Å². The Kier molecular flexibility index (Phi) is 12.8. The number of nitrogens with zero attached hydrogens (tertiary/aromatic N) is 1. The first-order valence-electron chi connectivity index (χ1n) is 14.5. The Morgan fingerprint density at radius 3 is 1.45 bits per heavy atom. The Morgan fingerprint density at radius 1 is 0.714 bits per heavy atom. The van der Waals surface area contributed by atoms with Gasteiger partial charge in [0.05, 0.1) is 37.6 Å². The molecule has 2 saturated carbocycles. The van der Waals surface area contributed by atoms with Crippen LogP contribution in [0, 0.1) is 13.8 Å². The van der Waals surface area contributed by atoms with Crippen molar-refractivity contribution in [1.82, 2.24) is 4.90 Å². The molecule has 0 heterocycles. The zero-order valence-electron chi connectivity index (χ0n) is 25.5. The highest BCUT2D eigenvalue weighted by Crippen LogP contribution is 2.33. The average molecular weight is 624 g/mol. The molecule has 232 valence electrons. The highest BCUT2D eigenvalue weighted by Gasteiger charge is 2.25. The summed E-state index contributed by atoms with van der Waals surface area (Å²) < 4.78 is 21.7. The molecule has 2 N–H and O–H groups in total. The fraction of sp³-hybridized carbons (Fsp3) is 0.562. The van der Waals surface area contributed by atoms with Gasteiger partial charge in [-0.15, -0.1) is 0 Å². The molecule has 0 aliphatic heterocycles. The van der Waals surface area contributed by atoms with Gasteiger partial charge in [0, 0.05) is 33.3 Å². The summed E-state index contributed by atoms with van der Waals surface area (Å²) in [6.45, 7) is 3.70. The third kappa shape index (κ3) is 9.24. The van der Waals surface area contributed by atoms with Crippen LogP contribution in [0.25, 0.3) is 0 Å². The first-order chi connectivity index (χ1) is 19.9. The maximum atomic E-state index is 11.8. The summed E-state index contributed by atoms with van der Waals surface area (Å²) in [5.41, 5.74) is 8.34. The van der Waals surface area contributed by atoms with Crippen LogP contribution in [0.2, 0.25) is 10.0 Å². The summed E-state index contributed by atoms with van der Waals surface area (Å²) in [6.07, 6.45) is 8.40. The lowest BCUT2D eigenvalue weighted by atomic mass is 9.92. The van der Waals surface area contributed by atoms with Crippen LogP contribution in [0.4, 0.5) is 0 Å². The third-order valence-electron chi connectivity index (χ3n) is 8.14. The van der Waals surface area contributed by atoms with Crippen LogP contribution in [-0.4, -0.2) is 69.4 Å². The number of hydrogen-bond acceptors (Lipinski definition) is 8. The van der Waals surface area contributed by atoms with Gasteiger partial charge >= 0.3 is 11.9 Å². The van der Waals surface area contributed by atoms with Gasteiger partial charge in [-0.3, -0.25) is 0 Å². The minimum absolute atomic E-state index is 0.137. The van der Waals surface area contributed by atoms with E-state index in [0.29, 0.717) is 38.7 Å². The van der Waals surface area contributed by atoms with Crippen LogP contribution < -0.4 is 15.2 Å². The molecule has 10 heteroatoms. The SMILES string of the molecule is COC(=O)c1cc(Cl)cc(OC2CCC(N(C)C)CC2)c1C.COC(=O)c1cc(Cl)cc(OC2CCC(N)CC2)c1C. The fourth-order valence-corrected chi connectivity index (χ4v) is 5.86. The molecule has 2 aliphatic rings. The largest absolute Gasteiger partial charge is 0.490 e. The van der Waals surface area contributed by atoms with Gasteiger partial charge in [0.25, 0.3) is 0 Å². The molecule has 0 atom stereocenters. The highest BCUT2D eigenvalue weighted by molar-refractivity contribution is 6.31. The van der Waals surface area contributed by atoms with Crippen molar-refractivity contribution in [3.63, 3.8) is 0 Å². The second-order valence-corrected chi connectivity index (χ2v) is 12.2. The lowest BCUT2D eigenvalue weighted by Gasteiger charge is -2.33. The van der Waals surface area contributed by atoms with E-state index in [4.69, 9.17) is 47.9 Å². The van der Waals surface area contributed by atoms with Gasteiger partial charge < -0.3 is 29.6 Å². The van der Waals surface area contributed by atoms with E-state index in [9.17, 15) is 9.59 Å². The van der Waals surface area contributed by atoms with Crippen LogP contribution >= 0.6 is 23.2 Å². The minimum Gasteiger partial charge on any atom is -0.490 e. The van der Waals surface area contributed by atoms with Gasteiger partial charge in [0.15, 0.2) is 0 Å².